The highest BCUT2D eigenvalue weighted by Gasteiger charge is 2.30. The van der Waals surface area contributed by atoms with E-state index in [4.69, 9.17) is 4.98 Å². The van der Waals surface area contributed by atoms with Gasteiger partial charge in [0.15, 0.2) is 0 Å². The minimum Gasteiger partial charge on any atom is -0.342 e. The van der Waals surface area contributed by atoms with Crippen molar-refractivity contribution >= 4 is 16.9 Å². The first-order chi connectivity index (χ1) is 12.3. The van der Waals surface area contributed by atoms with Crippen molar-refractivity contribution in [3.8, 4) is 0 Å². The van der Waals surface area contributed by atoms with Gasteiger partial charge in [-0.1, -0.05) is 12.1 Å². The first-order valence-electron chi connectivity index (χ1n) is 9.07. The molecule has 2 aliphatic rings. The standard InChI is InChI=1S/C19H21N5O/c25-19(17-10-16(22-23-17)12-7-8-12)24-9-3-4-13(11-24)18-20-14-5-1-2-6-15(14)21-18/h1-2,5-6,10,12-13H,3-4,7-9,11H2,(H,20,21)(H,22,23). The SMILES string of the molecule is O=C(c1cc(C2CC2)[nH]n1)N1CCCC(c2nc3ccccc3[nH]2)C1. The zero-order valence-electron chi connectivity index (χ0n) is 14.0. The van der Waals surface area contributed by atoms with E-state index in [1.165, 1.54) is 12.8 Å². The van der Waals surface area contributed by atoms with Gasteiger partial charge in [0.25, 0.3) is 5.91 Å². The highest BCUT2D eigenvalue weighted by atomic mass is 16.2. The van der Waals surface area contributed by atoms with E-state index < -0.39 is 0 Å². The van der Waals surface area contributed by atoms with Crippen molar-refractivity contribution in [3.05, 3.63) is 47.5 Å². The molecule has 5 rings (SSSR count). The summed E-state index contributed by atoms with van der Waals surface area (Å²) < 4.78 is 0. The van der Waals surface area contributed by atoms with Crippen LogP contribution in [0.25, 0.3) is 11.0 Å². The molecule has 2 N–H and O–H groups in total. The Morgan fingerprint density at radius 3 is 2.88 bits per heavy atom. The monoisotopic (exact) mass is 335 g/mol. The second-order valence-electron chi connectivity index (χ2n) is 7.21. The maximum absolute atomic E-state index is 12.8. The maximum Gasteiger partial charge on any atom is 0.274 e. The van der Waals surface area contributed by atoms with E-state index >= 15 is 0 Å². The molecule has 3 aromatic rings. The molecule has 25 heavy (non-hydrogen) atoms. The summed E-state index contributed by atoms with van der Waals surface area (Å²) in [7, 11) is 0. The van der Waals surface area contributed by atoms with E-state index in [-0.39, 0.29) is 11.8 Å². The Balaban J connectivity index is 1.35. The summed E-state index contributed by atoms with van der Waals surface area (Å²) in [4.78, 5) is 22.9. The van der Waals surface area contributed by atoms with Crippen LogP contribution >= 0.6 is 0 Å². The van der Waals surface area contributed by atoms with E-state index in [0.717, 1.165) is 41.9 Å². The van der Waals surface area contributed by atoms with Gasteiger partial charge in [-0.05, 0) is 43.9 Å². The summed E-state index contributed by atoms with van der Waals surface area (Å²) in [6.07, 6.45) is 4.45. The molecule has 0 spiro atoms. The third-order valence-corrected chi connectivity index (χ3v) is 5.34. The van der Waals surface area contributed by atoms with Gasteiger partial charge in [-0.15, -0.1) is 0 Å². The summed E-state index contributed by atoms with van der Waals surface area (Å²) in [5.41, 5.74) is 3.70. The van der Waals surface area contributed by atoms with Gasteiger partial charge >= 0.3 is 0 Å². The van der Waals surface area contributed by atoms with Crippen molar-refractivity contribution in [3.63, 3.8) is 0 Å². The van der Waals surface area contributed by atoms with Gasteiger partial charge in [-0.25, -0.2) is 4.98 Å². The maximum atomic E-state index is 12.8. The topological polar surface area (TPSA) is 77.7 Å². The predicted octanol–water partition coefficient (Wildman–Crippen LogP) is 3.18. The van der Waals surface area contributed by atoms with Crippen LogP contribution in [0.15, 0.2) is 30.3 Å². The van der Waals surface area contributed by atoms with E-state index in [1.54, 1.807) is 0 Å². The largest absolute Gasteiger partial charge is 0.342 e. The molecular weight excluding hydrogens is 314 g/mol. The van der Waals surface area contributed by atoms with Gasteiger partial charge in [0, 0.05) is 30.6 Å². The Morgan fingerprint density at radius 1 is 1.16 bits per heavy atom. The number of carbonyl (C=O) groups is 1. The Kier molecular flexibility index (Phi) is 3.36. The minimum absolute atomic E-state index is 0.0314. The van der Waals surface area contributed by atoms with Gasteiger partial charge in [-0.2, -0.15) is 5.10 Å². The van der Waals surface area contributed by atoms with E-state index in [9.17, 15) is 4.79 Å². The zero-order chi connectivity index (χ0) is 16.8. The molecule has 1 saturated carbocycles. The van der Waals surface area contributed by atoms with Gasteiger partial charge in [0.2, 0.25) is 0 Å². The third-order valence-electron chi connectivity index (χ3n) is 5.34. The number of rotatable bonds is 3. The van der Waals surface area contributed by atoms with E-state index in [0.29, 0.717) is 18.2 Å². The first-order valence-corrected chi connectivity index (χ1v) is 9.07. The molecule has 3 heterocycles. The molecule has 1 aromatic carbocycles. The van der Waals surface area contributed by atoms with Crippen LogP contribution in [0.1, 0.15) is 59.5 Å². The van der Waals surface area contributed by atoms with Crippen LogP contribution in [0.3, 0.4) is 0 Å². The lowest BCUT2D eigenvalue weighted by Gasteiger charge is -2.31. The fourth-order valence-electron chi connectivity index (χ4n) is 3.76. The number of aromatic nitrogens is 4. The van der Waals surface area contributed by atoms with Crippen molar-refractivity contribution in [2.24, 2.45) is 0 Å². The van der Waals surface area contributed by atoms with Crippen molar-refractivity contribution < 1.29 is 4.79 Å². The average Bonchev–Trinajstić information content (AvgIpc) is 3.22. The number of aromatic amines is 2. The number of para-hydroxylation sites is 2. The smallest absolute Gasteiger partial charge is 0.274 e. The summed E-state index contributed by atoms with van der Waals surface area (Å²) in [6, 6.07) is 10.0. The normalized spacial score (nSPS) is 21.0. The number of hydrogen-bond donors (Lipinski definition) is 2. The van der Waals surface area contributed by atoms with Crippen molar-refractivity contribution in [2.75, 3.05) is 13.1 Å². The molecule has 6 heteroatoms. The van der Waals surface area contributed by atoms with Crippen molar-refractivity contribution in [1.29, 1.82) is 0 Å². The number of hydrogen-bond acceptors (Lipinski definition) is 3. The van der Waals surface area contributed by atoms with Crippen molar-refractivity contribution in [1.82, 2.24) is 25.1 Å². The third kappa shape index (κ3) is 2.71. The number of imidazole rings is 1. The molecule has 6 nitrogen and oxygen atoms in total. The molecule has 0 radical (unpaired) electrons. The Labute approximate surface area is 145 Å². The van der Waals surface area contributed by atoms with Gasteiger partial charge in [-0.3, -0.25) is 9.89 Å². The summed E-state index contributed by atoms with van der Waals surface area (Å²) in [5.74, 6) is 1.86. The molecule has 1 atom stereocenters. The van der Waals surface area contributed by atoms with Crippen LogP contribution in [0.2, 0.25) is 0 Å². The number of nitrogens with one attached hydrogen (secondary N) is 2. The lowest BCUT2D eigenvalue weighted by molar-refractivity contribution is 0.0699. The predicted molar refractivity (Wildman–Crippen MR) is 94.5 cm³/mol. The molecule has 1 saturated heterocycles. The molecular formula is C19H21N5O. The van der Waals surface area contributed by atoms with Gasteiger partial charge in [0.1, 0.15) is 11.5 Å². The Bertz CT molecular complexity index is 890. The zero-order valence-corrected chi connectivity index (χ0v) is 14.0. The highest BCUT2D eigenvalue weighted by Crippen LogP contribution is 2.39. The fraction of sp³-hybridized carbons (Fsp3) is 0.421. The molecule has 2 fully saturated rings. The second-order valence-corrected chi connectivity index (χ2v) is 7.21. The number of nitrogens with zero attached hydrogens (tertiary/aromatic N) is 3. The molecule has 0 bridgehead atoms. The highest BCUT2D eigenvalue weighted by molar-refractivity contribution is 5.92. The lowest BCUT2D eigenvalue weighted by atomic mass is 9.97. The van der Waals surface area contributed by atoms with Crippen LogP contribution in [-0.4, -0.2) is 44.1 Å². The molecule has 1 unspecified atom stereocenters. The number of benzene rings is 1. The van der Waals surface area contributed by atoms with Gasteiger partial charge < -0.3 is 9.88 Å². The summed E-state index contributed by atoms with van der Waals surface area (Å²) in [6.45, 7) is 1.49. The average molecular weight is 335 g/mol. The van der Waals surface area contributed by atoms with E-state index in [1.807, 2.05) is 35.2 Å². The summed E-state index contributed by atoms with van der Waals surface area (Å²) in [5, 5.41) is 7.28. The number of H-pyrrole nitrogens is 2. The lowest BCUT2D eigenvalue weighted by Crippen LogP contribution is -2.39. The second kappa shape index (κ2) is 5.72. The number of piperidine rings is 1. The van der Waals surface area contributed by atoms with Crippen LogP contribution in [0.5, 0.6) is 0 Å². The van der Waals surface area contributed by atoms with Crippen LogP contribution in [0.4, 0.5) is 0 Å². The number of likely N-dealkylation sites (tertiary alicyclic amines) is 1. The molecule has 2 aromatic heterocycles. The molecule has 1 aliphatic heterocycles. The first kappa shape index (κ1) is 14.7. The fourth-order valence-corrected chi connectivity index (χ4v) is 3.76. The van der Waals surface area contributed by atoms with E-state index in [2.05, 4.69) is 15.2 Å². The van der Waals surface area contributed by atoms with Crippen LogP contribution < -0.4 is 0 Å². The number of carbonyl (C=O) groups excluding carboxylic acids is 1. The minimum atomic E-state index is 0.0314. The number of amides is 1. The summed E-state index contributed by atoms with van der Waals surface area (Å²) >= 11 is 0. The van der Waals surface area contributed by atoms with Crippen LogP contribution in [-0.2, 0) is 0 Å². The molecule has 1 amide bonds. The molecule has 128 valence electrons. The van der Waals surface area contributed by atoms with Crippen LogP contribution in [0, 0.1) is 0 Å². The Hall–Kier alpha value is -2.63. The number of fused-ring (bicyclic) bond motifs is 1. The van der Waals surface area contributed by atoms with Crippen molar-refractivity contribution in [2.45, 2.75) is 37.5 Å². The Morgan fingerprint density at radius 2 is 2.04 bits per heavy atom. The quantitative estimate of drug-likeness (QED) is 0.771. The molecule has 1 aliphatic carbocycles. The van der Waals surface area contributed by atoms with Gasteiger partial charge in [0.05, 0.1) is 11.0 Å².